The second kappa shape index (κ2) is 28.6. The van der Waals surface area contributed by atoms with Crippen LogP contribution in [0.1, 0.15) is 40.5 Å². The van der Waals surface area contributed by atoms with Crippen LogP contribution in [0, 0.1) is 0 Å². The van der Waals surface area contributed by atoms with E-state index in [9.17, 15) is 102 Å². The van der Waals surface area contributed by atoms with Crippen molar-refractivity contribution in [2.75, 3.05) is 26.4 Å². The van der Waals surface area contributed by atoms with Crippen LogP contribution in [-0.2, 0) is 71.1 Å². The monoisotopic (exact) mass is 1220 g/mol. The van der Waals surface area contributed by atoms with Crippen LogP contribution < -0.4 is 0 Å². The Morgan fingerprint density at radius 3 is 1.01 bits per heavy atom. The first-order valence-electron chi connectivity index (χ1n) is 27.4. The molecule has 0 aromatic carbocycles. The molecule has 20 N–H and O–H groups in total. The molecule has 0 bridgehead atoms. The fourth-order valence-corrected chi connectivity index (χ4v) is 11.1. The summed E-state index contributed by atoms with van der Waals surface area (Å²) in [5.74, 6) is 0. The lowest BCUT2D eigenvalue weighted by atomic mass is 9.95. The Labute approximate surface area is 472 Å². The highest BCUT2D eigenvalue weighted by atomic mass is 16.8. The van der Waals surface area contributed by atoms with Crippen molar-refractivity contribution in [3.8, 4) is 0 Å². The highest BCUT2D eigenvalue weighted by Crippen LogP contribution is 2.40. The predicted octanol–water partition coefficient (Wildman–Crippen LogP) is -12.3. The van der Waals surface area contributed by atoms with Crippen molar-refractivity contribution in [1.82, 2.24) is 0 Å². The molecule has 8 rings (SSSR count). The van der Waals surface area contributed by atoms with E-state index in [-0.39, 0.29) is 12.8 Å². The van der Waals surface area contributed by atoms with Crippen molar-refractivity contribution < 1.29 is 173 Å². The third kappa shape index (κ3) is 14.3. The molecule has 38 atom stereocenters. The molecular weight excluding hydrogens is 1140 g/mol. The van der Waals surface area contributed by atoms with E-state index in [4.69, 9.17) is 71.1 Å². The summed E-state index contributed by atoms with van der Waals surface area (Å²) in [6.45, 7) is 1.68. The summed E-state index contributed by atoms with van der Waals surface area (Å²) >= 11 is 0. The second-order valence-electron chi connectivity index (χ2n) is 22.1. The second-order valence-corrected chi connectivity index (χ2v) is 22.1. The molecule has 0 aliphatic carbocycles. The summed E-state index contributed by atoms with van der Waals surface area (Å²) in [6, 6.07) is 0. The molecule has 0 saturated carbocycles. The highest BCUT2D eigenvalue weighted by Gasteiger charge is 2.59. The van der Waals surface area contributed by atoms with E-state index >= 15 is 0 Å². The fraction of sp³-hybridized carbons (Fsp3) is 1.00. The first-order chi connectivity index (χ1) is 39.2. The summed E-state index contributed by atoms with van der Waals surface area (Å²) in [6.07, 6.45) is -67.7. The highest BCUT2D eigenvalue weighted by molar-refractivity contribution is 5.01. The molecule has 0 unspecified atom stereocenters. The fourth-order valence-electron chi connectivity index (χ4n) is 11.1. The average Bonchev–Trinajstić information content (AvgIpc) is 2.83. The first-order valence-corrected chi connectivity index (χ1v) is 27.4. The average molecular weight is 1220 g/mol. The Balaban J connectivity index is 1.04. The Morgan fingerprint density at radius 2 is 0.566 bits per heavy atom. The van der Waals surface area contributed by atoms with Crippen molar-refractivity contribution in [3.05, 3.63) is 0 Å². The minimum Gasteiger partial charge on any atom is -0.394 e. The van der Waals surface area contributed by atoms with E-state index in [1.54, 1.807) is 0 Å². The molecule has 0 radical (unpaired) electrons. The zero-order chi connectivity index (χ0) is 60.8. The number of hydrogen-bond acceptors (Lipinski definition) is 35. The minimum atomic E-state index is -2.25. The van der Waals surface area contributed by atoms with Crippen LogP contribution in [0.5, 0.6) is 0 Å². The largest absolute Gasteiger partial charge is 0.394 e. The first kappa shape index (κ1) is 67.5. The maximum Gasteiger partial charge on any atom is 0.187 e. The Morgan fingerprint density at radius 1 is 0.253 bits per heavy atom. The van der Waals surface area contributed by atoms with Crippen LogP contribution in [0.15, 0.2) is 0 Å². The lowest BCUT2D eigenvalue weighted by Gasteiger charge is -2.51. The van der Waals surface area contributed by atoms with Gasteiger partial charge in [-0.25, -0.2) is 0 Å². The van der Waals surface area contributed by atoms with E-state index in [1.165, 1.54) is 27.7 Å². The lowest BCUT2D eigenvalue weighted by Crippen LogP contribution is -2.69. The molecule has 0 aromatic rings. The van der Waals surface area contributed by atoms with E-state index in [2.05, 4.69) is 0 Å². The maximum atomic E-state index is 12.0. The van der Waals surface area contributed by atoms with Crippen molar-refractivity contribution >= 4 is 0 Å². The van der Waals surface area contributed by atoms with Crippen molar-refractivity contribution in [2.24, 2.45) is 0 Å². The summed E-state index contributed by atoms with van der Waals surface area (Å²) < 4.78 is 88.4. The molecule has 8 aliphatic rings. The van der Waals surface area contributed by atoms with Gasteiger partial charge in [0.15, 0.2) is 50.3 Å². The molecule has 484 valence electrons. The van der Waals surface area contributed by atoms with Gasteiger partial charge in [-0.15, -0.1) is 0 Å². The van der Waals surface area contributed by atoms with Gasteiger partial charge in [0.1, 0.15) is 146 Å². The van der Waals surface area contributed by atoms with Crippen molar-refractivity contribution in [2.45, 2.75) is 274 Å². The van der Waals surface area contributed by atoms with Crippen molar-refractivity contribution in [3.63, 3.8) is 0 Å². The van der Waals surface area contributed by atoms with Gasteiger partial charge in [-0.05, 0) is 27.7 Å². The molecular formula is C48H82O35. The molecule has 8 fully saturated rings. The number of aliphatic hydroxyl groups excluding tert-OH is 20. The topological polar surface area (TPSA) is 543 Å². The van der Waals surface area contributed by atoms with Gasteiger partial charge in [-0.2, -0.15) is 0 Å². The molecule has 0 spiro atoms. The Bertz CT molecular complexity index is 1990. The third-order valence-corrected chi connectivity index (χ3v) is 16.3. The smallest absolute Gasteiger partial charge is 0.187 e. The van der Waals surface area contributed by atoms with Crippen LogP contribution in [-0.4, -0.2) is 362 Å². The predicted molar refractivity (Wildman–Crippen MR) is 256 cm³/mol. The van der Waals surface area contributed by atoms with Gasteiger partial charge in [0, 0.05) is 12.8 Å². The number of hydrogen-bond donors (Lipinski definition) is 20. The summed E-state index contributed by atoms with van der Waals surface area (Å²) in [7, 11) is 0. The summed E-state index contributed by atoms with van der Waals surface area (Å²) in [4.78, 5) is 0. The molecule has 83 heavy (non-hydrogen) atoms. The van der Waals surface area contributed by atoms with Gasteiger partial charge in [0.2, 0.25) is 0 Å². The summed E-state index contributed by atoms with van der Waals surface area (Å²) in [5.41, 5.74) is 0. The molecule has 8 aliphatic heterocycles. The number of ether oxygens (including phenoxy) is 15. The van der Waals surface area contributed by atoms with Gasteiger partial charge in [-0.1, -0.05) is 0 Å². The normalized spacial score (nSPS) is 54.8. The Hall–Kier alpha value is -1.40. The van der Waals surface area contributed by atoms with Gasteiger partial charge in [0.05, 0.1) is 63.1 Å². The van der Waals surface area contributed by atoms with Crippen LogP contribution in [0.25, 0.3) is 0 Å². The van der Waals surface area contributed by atoms with E-state index in [0.29, 0.717) is 0 Å². The number of aliphatic hydroxyl groups is 20. The molecule has 8 heterocycles. The van der Waals surface area contributed by atoms with Gasteiger partial charge in [0.25, 0.3) is 0 Å². The zero-order valence-electron chi connectivity index (χ0n) is 45.2. The molecule has 0 amide bonds. The number of rotatable bonds is 18. The van der Waals surface area contributed by atoms with Crippen LogP contribution in [0.2, 0.25) is 0 Å². The van der Waals surface area contributed by atoms with Gasteiger partial charge >= 0.3 is 0 Å². The van der Waals surface area contributed by atoms with Crippen LogP contribution in [0.3, 0.4) is 0 Å². The Kier molecular flexibility index (Phi) is 23.3. The van der Waals surface area contributed by atoms with E-state index in [1.807, 2.05) is 0 Å². The molecule has 8 saturated heterocycles. The standard InChI is InChI=1S/C48H82O35/c1-11-15(53)5-17(55)42(70-11)80-37-25(59)21(9-51)75-47(39(37)82-45-31(65)27(61)23(57)19(7-49)73-45)78-35-14(4)72-44(32(66)29(35)63)79-36-24(58)20(8-50)74-46(33(36)67)83-40-38(81-43-18(56)6-16(54)12(2)71-43)26(60)22(10-52)76-48(40)77-34-13(3)69-41(68)30(64)28(34)62/h11-68H,5-10H2,1-4H3/t11-,12-,13+,14+,15+,16+,17+,18+,19-,20-,21-,22-,23+,24+,25-,26-,27+,28+,29+,30-,31-,32-,33-,34+,35+,36+,37+,38+,39+,40+,41-,42-,43-,44+,45-,46-,47-,48-/m1/s1. The van der Waals surface area contributed by atoms with E-state index < -0.39 is 260 Å². The van der Waals surface area contributed by atoms with Crippen LogP contribution in [0.4, 0.5) is 0 Å². The quantitative estimate of drug-likeness (QED) is 0.0606. The van der Waals surface area contributed by atoms with Crippen molar-refractivity contribution in [1.29, 1.82) is 0 Å². The van der Waals surface area contributed by atoms with Crippen LogP contribution >= 0.6 is 0 Å². The van der Waals surface area contributed by atoms with E-state index in [0.717, 1.165) is 0 Å². The maximum absolute atomic E-state index is 12.0. The SMILES string of the molecule is C[C@@H]1O[C@@H](O)[C@H](O)[C@H](O)[C@H]1O[C@H]1O[C@H](CO)[C@@H](O)[C@H](O[C@H]2O[C@H](C)[C@@H](O)C[C@@H]2O)[C@@H]1O[C@H]1O[C@H](CO)[C@H](O)[C@H](O[C@@H]2O[C@@H](C)[C@H](O[C@H]3O[C@H](CO)[C@@H](O)[C@H](O[C@H]4O[C@H](C)[C@@H](O)C[C@@H]4O)[C@@H]3O[C@H]3O[C@H](CO)[C@H](O)[C@H](O)[C@H]3O)[C@@H](O)[C@H]2O)[C@H]1O. The lowest BCUT2D eigenvalue weighted by molar-refractivity contribution is -0.412. The molecule has 0 aromatic heterocycles. The van der Waals surface area contributed by atoms with Gasteiger partial charge < -0.3 is 173 Å². The summed E-state index contributed by atoms with van der Waals surface area (Å²) in [5, 5.41) is 218. The zero-order valence-corrected chi connectivity index (χ0v) is 45.2. The minimum absolute atomic E-state index is 0.279. The third-order valence-electron chi connectivity index (χ3n) is 16.3. The molecule has 35 heteroatoms. The van der Waals surface area contributed by atoms with Gasteiger partial charge in [-0.3, -0.25) is 0 Å². The molecule has 35 nitrogen and oxygen atoms in total.